The molecule has 0 saturated heterocycles. The van der Waals surface area contributed by atoms with Gasteiger partial charge in [-0.25, -0.2) is 0 Å². The molecule has 102 valence electrons. The summed E-state index contributed by atoms with van der Waals surface area (Å²) in [6, 6.07) is 9.27. The third-order valence-corrected chi connectivity index (χ3v) is 3.11. The number of unbranched alkanes of at least 4 members (excludes halogenated alkanes) is 1. The van der Waals surface area contributed by atoms with Crippen molar-refractivity contribution in [1.82, 2.24) is 9.78 Å². The van der Waals surface area contributed by atoms with Crippen molar-refractivity contribution >= 4 is 5.82 Å². The molecule has 4 heteroatoms. The maximum Gasteiger partial charge on any atom is 0.148 e. The Bertz CT molecular complexity index is 517. The van der Waals surface area contributed by atoms with E-state index in [0.29, 0.717) is 12.3 Å². The summed E-state index contributed by atoms with van der Waals surface area (Å²) < 4.78 is 2.04. The number of nitrogens with one attached hydrogen (secondary N) is 1. The molecule has 0 bridgehead atoms. The van der Waals surface area contributed by atoms with Gasteiger partial charge in [0.05, 0.1) is 0 Å². The van der Waals surface area contributed by atoms with Crippen LogP contribution in [0.25, 0.3) is 0 Å². The number of nitrogens with zero attached hydrogens (tertiary/aromatic N) is 2. The lowest BCUT2D eigenvalue weighted by Crippen LogP contribution is -2.04. The van der Waals surface area contributed by atoms with E-state index in [2.05, 4.69) is 30.3 Å². The predicted octanol–water partition coefficient (Wildman–Crippen LogP) is 3.31. The van der Waals surface area contributed by atoms with Crippen molar-refractivity contribution < 1.29 is 5.11 Å². The normalized spacial score (nSPS) is 10.6. The number of phenolic OH excluding ortho intramolecular Hbond substituents is 1. The van der Waals surface area contributed by atoms with Gasteiger partial charge in [0.15, 0.2) is 0 Å². The molecule has 2 aromatic rings. The minimum Gasteiger partial charge on any atom is -0.508 e. The van der Waals surface area contributed by atoms with E-state index >= 15 is 0 Å². The SMILES string of the molecule is CCCCn1nc(NCc2ccc(O)cc2)cc1C. The fourth-order valence-electron chi connectivity index (χ4n) is 1.94. The van der Waals surface area contributed by atoms with Crippen molar-refractivity contribution in [2.24, 2.45) is 0 Å². The Morgan fingerprint density at radius 3 is 2.68 bits per heavy atom. The Kier molecular flexibility index (Phi) is 4.44. The van der Waals surface area contributed by atoms with Gasteiger partial charge in [0, 0.05) is 24.8 Å². The van der Waals surface area contributed by atoms with E-state index in [1.54, 1.807) is 12.1 Å². The Morgan fingerprint density at radius 1 is 1.26 bits per heavy atom. The molecule has 0 radical (unpaired) electrons. The zero-order chi connectivity index (χ0) is 13.7. The van der Waals surface area contributed by atoms with Crippen molar-refractivity contribution in [2.45, 2.75) is 39.8 Å². The van der Waals surface area contributed by atoms with Crippen LogP contribution in [0.2, 0.25) is 0 Å². The molecule has 0 aliphatic carbocycles. The zero-order valence-electron chi connectivity index (χ0n) is 11.6. The van der Waals surface area contributed by atoms with Gasteiger partial charge in [0.25, 0.3) is 0 Å². The molecule has 4 nitrogen and oxygen atoms in total. The summed E-state index contributed by atoms with van der Waals surface area (Å²) in [7, 11) is 0. The number of aromatic hydroxyl groups is 1. The van der Waals surface area contributed by atoms with Crippen molar-refractivity contribution in [1.29, 1.82) is 0 Å². The fourth-order valence-corrected chi connectivity index (χ4v) is 1.94. The van der Waals surface area contributed by atoms with E-state index in [-0.39, 0.29) is 0 Å². The molecule has 0 fully saturated rings. The van der Waals surface area contributed by atoms with Gasteiger partial charge in [-0.1, -0.05) is 25.5 Å². The maximum atomic E-state index is 9.23. The van der Waals surface area contributed by atoms with Crippen LogP contribution >= 0.6 is 0 Å². The second-order valence-electron chi connectivity index (χ2n) is 4.77. The second kappa shape index (κ2) is 6.27. The molecule has 1 aromatic heterocycles. The molecular formula is C15H21N3O. The Balaban J connectivity index is 1.94. The Labute approximate surface area is 114 Å². The van der Waals surface area contributed by atoms with Gasteiger partial charge in [-0.05, 0) is 31.0 Å². The number of hydrogen-bond acceptors (Lipinski definition) is 3. The molecule has 1 heterocycles. The van der Waals surface area contributed by atoms with Gasteiger partial charge in [0.1, 0.15) is 11.6 Å². The molecular weight excluding hydrogens is 238 g/mol. The summed E-state index contributed by atoms with van der Waals surface area (Å²) in [5.74, 6) is 1.20. The van der Waals surface area contributed by atoms with Crippen LogP contribution in [0.4, 0.5) is 5.82 Å². The van der Waals surface area contributed by atoms with Crippen LogP contribution in [0.5, 0.6) is 5.75 Å². The second-order valence-corrected chi connectivity index (χ2v) is 4.77. The highest BCUT2D eigenvalue weighted by atomic mass is 16.3. The van der Waals surface area contributed by atoms with Gasteiger partial charge in [-0.2, -0.15) is 5.10 Å². The standard InChI is InChI=1S/C15H21N3O/c1-3-4-9-18-12(2)10-15(17-18)16-11-13-5-7-14(19)8-6-13/h5-8,10,19H,3-4,9,11H2,1-2H3,(H,16,17). The van der Waals surface area contributed by atoms with E-state index in [4.69, 9.17) is 0 Å². The first kappa shape index (κ1) is 13.5. The molecule has 1 aromatic carbocycles. The molecule has 2 N–H and O–H groups in total. The van der Waals surface area contributed by atoms with Crippen molar-refractivity contribution in [2.75, 3.05) is 5.32 Å². The molecule has 0 spiro atoms. The van der Waals surface area contributed by atoms with Crippen LogP contribution in [0, 0.1) is 6.92 Å². The summed E-state index contributed by atoms with van der Waals surface area (Å²) in [5.41, 5.74) is 2.31. The monoisotopic (exact) mass is 259 g/mol. The first-order valence-corrected chi connectivity index (χ1v) is 6.75. The van der Waals surface area contributed by atoms with Crippen LogP contribution < -0.4 is 5.32 Å². The summed E-state index contributed by atoms with van der Waals surface area (Å²) in [4.78, 5) is 0. The van der Waals surface area contributed by atoms with Gasteiger partial charge in [-0.15, -0.1) is 0 Å². The number of anilines is 1. The van der Waals surface area contributed by atoms with Crippen molar-refractivity contribution in [3.63, 3.8) is 0 Å². The smallest absolute Gasteiger partial charge is 0.148 e. The minimum absolute atomic E-state index is 0.295. The lowest BCUT2D eigenvalue weighted by molar-refractivity contribution is 0.475. The highest BCUT2D eigenvalue weighted by Gasteiger charge is 2.03. The number of phenols is 1. The summed E-state index contributed by atoms with van der Waals surface area (Å²) in [5, 5.41) is 17.1. The van der Waals surface area contributed by atoms with Crippen LogP contribution in [0.15, 0.2) is 30.3 Å². The summed E-state index contributed by atoms with van der Waals surface area (Å²) in [6.07, 6.45) is 2.33. The van der Waals surface area contributed by atoms with E-state index < -0.39 is 0 Å². The molecule has 0 amide bonds. The molecule has 0 saturated carbocycles. The van der Waals surface area contributed by atoms with Crippen LogP contribution in [0.3, 0.4) is 0 Å². The first-order chi connectivity index (χ1) is 9.19. The summed E-state index contributed by atoms with van der Waals surface area (Å²) in [6.45, 7) is 5.95. The number of aromatic nitrogens is 2. The van der Waals surface area contributed by atoms with Gasteiger partial charge in [0.2, 0.25) is 0 Å². The zero-order valence-corrected chi connectivity index (χ0v) is 11.6. The molecule has 0 atom stereocenters. The van der Waals surface area contributed by atoms with Crippen molar-refractivity contribution in [3.05, 3.63) is 41.6 Å². The van der Waals surface area contributed by atoms with E-state index in [1.165, 1.54) is 12.1 Å². The predicted molar refractivity (Wildman–Crippen MR) is 77.3 cm³/mol. The van der Waals surface area contributed by atoms with Crippen molar-refractivity contribution in [3.8, 4) is 5.75 Å². The number of benzene rings is 1. The number of hydrogen-bond donors (Lipinski definition) is 2. The average Bonchev–Trinajstić information content (AvgIpc) is 2.76. The number of aryl methyl sites for hydroxylation is 2. The van der Waals surface area contributed by atoms with Gasteiger partial charge < -0.3 is 10.4 Å². The Hall–Kier alpha value is -1.97. The fraction of sp³-hybridized carbons (Fsp3) is 0.400. The molecule has 0 aliphatic rings. The van der Waals surface area contributed by atoms with E-state index in [1.807, 2.05) is 16.8 Å². The first-order valence-electron chi connectivity index (χ1n) is 6.75. The Morgan fingerprint density at radius 2 is 2.00 bits per heavy atom. The van der Waals surface area contributed by atoms with Gasteiger partial charge in [-0.3, -0.25) is 4.68 Å². The maximum absolute atomic E-state index is 9.23. The average molecular weight is 259 g/mol. The summed E-state index contributed by atoms with van der Waals surface area (Å²) >= 11 is 0. The quantitative estimate of drug-likeness (QED) is 0.836. The van der Waals surface area contributed by atoms with Gasteiger partial charge >= 0.3 is 0 Å². The molecule has 19 heavy (non-hydrogen) atoms. The third kappa shape index (κ3) is 3.74. The highest BCUT2D eigenvalue weighted by molar-refractivity contribution is 5.37. The third-order valence-electron chi connectivity index (χ3n) is 3.11. The molecule has 0 aliphatic heterocycles. The largest absolute Gasteiger partial charge is 0.508 e. The number of rotatable bonds is 6. The van der Waals surface area contributed by atoms with E-state index in [9.17, 15) is 5.11 Å². The lowest BCUT2D eigenvalue weighted by atomic mass is 10.2. The van der Waals surface area contributed by atoms with Crippen LogP contribution in [-0.4, -0.2) is 14.9 Å². The molecule has 2 rings (SSSR count). The topological polar surface area (TPSA) is 50.1 Å². The van der Waals surface area contributed by atoms with Crippen LogP contribution in [0.1, 0.15) is 31.0 Å². The van der Waals surface area contributed by atoms with Crippen LogP contribution in [-0.2, 0) is 13.1 Å². The minimum atomic E-state index is 0.295. The highest BCUT2D eigenvalue weighted by Crippen LogP contribution is 2.13. The lowest BCUT2D eigenvalue weighted by Gasteiger charge is -2.04. The molecule has 0 unspecified atom stereocenters. The van der Waals surface area contributed by atoms with E-state index in [0.717, 1.165) is 24.3 Å².